The highest BCUT2D eigenvalue weighted by molar-refractivity contribution is 5.86. The first-order valence-corrected chi connectivity index (χ1v) is 6.52. The molecule has 1 aliphatic heterocycles. The van der Waals surface area contributed by atoms with Gasteiger partial charge >= 0.3 is 12.0 Å². The van der Waals surface area contributed by atoms with Crippen molar-refractivity contribution < 1.29 is 19.4 Å². The normalized spacial score (nSPS) is 26.6. The third kappa shape index (κ3) is 2.93. The van der Waals surface area contributed by atoms with Gasteiger partial charge in [-0.1, -0.05) is 12.8 Å². The molecule has 1 saturated carbocycles. The van der Waals surface area contributed by atoms with Crippen LogP contribution in [0, 0.1) is 0 Å². The topological polar surface area (TPSA) is 87.7 Å². The fourth-order valence-corrected chi connectivity index (χ4v) is 2.66. The van der Waals surface area contributed by atoms with Gasteiger partial charge in [0.2, 0.25) is 0 Å². The highest BCUT2D eigenvalue weighted by atomic mass is 16.5. The van der Waals surface area contributed by atoms with Gasteiger partial charge in [0.05, 0.1) is 12.6 Å². The van der Waals surface area contributed by atoms with Crippen molar-refractivity contribution in [3.8, 4) is 0 Å². The van der Waals surface area contributed by atoms with Crippen LogP contribution < -0.4 is 10.6 Å². The minimum atomic E-state index is -1.07. The molecule has 1 saturated heterocycles. The van der Waals surface area contributed by atoms with Gasteiger partial charge in [0, 0.05) is 6.61 Å². The van der Waals surface area contributed by atoms with Crippen molar-refractivity contribution in [1.82, 2.24) is 10.6 Å². The molecule has 6 heteroatoms. The summed E-state index contributed by atoms with van der Waals surface area (Å²) in [6.07, 6.45) is 4.52. The maximum absolute atomic E-state index is 11.8. The van der Waals surface area contributed by atoms with Gasteiger partial charge in [-0.05, 0) is 25.7 Å². The monoisotopic (exact) mass is 256 g/mol. The van der Waals surface area contributed by atoms with Crippen molar-refractivity contribution in [1.29, 1.82) is 0 Å². The Morgan fingerprint density at radius 2 is 1.94 bits per heavy atom. The zero-order chi connectivity index (χ0) is 13.0. The summed E-state index contributed by atoms with van der Waals surface area (Å²) < 4.78 is 5.27. The minimum absolute atomic E-state index is 0.00834. The van der Waals surface area contributed by atoms with Gasteiger partial charge in [0.1, 0.15) is 5.54 Å². The average molecular weight is 256 g/mol. The van der Waals surface area contributed by atoms with Crippen LogP contribution in [-0.2, 0) is 9.53 Å². The standard InChI is InChI=1S/C12H20N2O4/c15-10(16)12(5-1-2-6-12)14-11(17)13-9-4-3-7-18-8-9/h9H,1-8H2,(H,15,16)(H2,13,14,17). The van der Waals surface area contributed by atoms with Gasteiger partial charge in [-0.3, -0.25) is 0 Å². The Morgan fingerprint density at radius 3 is 2.50 bits per heavy atom. The fraction of sp³-hybridized carbons (Fsp3) is 0.833. The zero-order valence-corrected chi connectivity index (χ0v) is 10.4. The Kier molecular flexibility index (Phi) is 4.06. The summed E-state index contributed by atoms with van der Waals surface area (Å²) in [5.41, 5.74) is -1.07. The highest BCUT2D eigenvalue weighted by Crippen LogP contribution is 2.29. The number of rotatable bonds is 3. The summed E-state index contributed by atoms with van der Waals surface area (Å²) in [7, 11) is 0. The quantitative estimate of drug-likeness (QED) is 0.699. The molecule has 0 radical (unpaired) electrons. The third-order valence-electron chi connectivity index (χ3n) is 3.71. The van der Waals surface area contributed by atoms with Gasteiger partial charge in [-0.2, -0.15) is 0 Å². The second-order valence-corrected chi connectivity index (χ2v) is 5.11. The molecule has 2 aliphatic rings. The number of hydrogen-bond acceptors (Lipinski definition) is 3. The lowest BCUT2D eigenvalue weighted by atomic mass is 9.98. The molecule has 0 bridgehead atoms. The van der Waals surface area contributed by atoms with E-state index in [4.69, 9.17) is 4.74 Å². The number of nitrogens with one attached hydrogen (secondary N) is 2. The second-order valence-electron chi connectivity index (χ2n) is 5.11. The molecule has 0 aromatic rings. The number of amides is 2. The Morgan fingerprint density at radius 1 is 1.22 bits per heavy atom. The highest BCUT2D eigenvalue weighted by Gasteiger charge is 2.42. The summed E-state index contributed by atoms with van der Waals surface area (Å²) in [5, 5.41) is 14.7. The van der Waals surface area contributed by atoms with Gasteiger partial charge in [0.25, 0.3) is 0 Å². The van der Waals surface area contributed by atoms with Crippen LogP contribution in [0.5, 0.6) is 0 Å². The maximum atomic E-state index is 11.8. The molecular weight excluding hydrogens is 236 g/mol. The van der Waals surface area contributed by atoms with Crippen molar-refractivity contribution in [2.24, 2.45) is 0 Å². The first-order chi connectivity index (χ1) is 8.62. The Balaban J connectivity index is 1.87. The average Bonchev–Trinajstić information content (AvgIpc) is 2.80. The zero-order valence-electron chi connectivity index (χ0n) is 10.4. The SMILES string of the molecule is O=C(NC1CCCOC1)NC1(C(=O)O)CCCC1. The first-order valence-electron chi connectivity index (χ1n) is 6.52. The lowest BCUT2D eigenvalue weighted by molar-refractivity contribution is -0.144. The molecule has 0 aromatic heterocycles. The summed E-state index contributed by atoms with van der Waals surface area (Å²) in [5.74, 6) is -0.935. The molecule has 2 fully saturated rings. The van der Waals surface area contributed by atoms with E-state index in [1.54, 1.807) is 0 Å². The lowest BCUT2D eigenvalue weighted by Gasteiger charge is -2.28. The lowest BCUT2D eigenvalue weighted by Crippen LogP contribution is -2.57. The predicted octanol–water partition coefficient (Wildman–Crippen LogP) is 0.862. The van der Waals surface area contributed by atoms with E-state index in [0.717, 1.165) is 32.3 Å². The minimum Gasteiger partial charge on any atom is -0.480 e. The van der Waals surface area contributed by atoms with Crippen LogP contribution >= 0.6 is 0 Å². The predicted molar refractivity (Wildman–Crippen MR) is 64.3 cm³/mol. The number of carbonyl (C=O) groups excluding carboxylic acids is 1. The summed E-state index contributed by atoms with van der Waals surface area (Å²) in [6, 6.07) is -0.402. The third-order valence-corrected chi connectivity index (χ3v) is 3.71. The Labute approximate surface area is 106 Å². The number of carboxylic acids is 1. The molecule has 1 atom stereocenters. The van der Waals surface area contributed by atoms with Gasteiger partial charge in [0.15, 0.2) is 0 Å². The van der Waals surface area contributed by atoms with Gasteiger partial charge in [-0.25, -0.2) is 9.59 Å². The fourth-order valence-electron chi connectivity index (χ4n) is 2.66. The van der Waals surface area contributed by atoms with E-state index in [9.17, 15) is 14.7 Å². The number of carbonyl (C=O) groups is 2. The second kappa shape index (κ2) is 5.56. The van der Waals surface area contributed by atoms with E-state index in [2.05, 4.69) is 10.6 Å². The smallest absolute Gasteiger partial charge is 0.329 e. The van der Waals surface area contributed by atoms with Crippen LogP contribution in [0.2, 0.25) is 0 Å². The van der Waals surface area contributed by atoms with E-state index in [-0.39, 0.29) is 6.04 Å². The molecule has 18 heavy (non-hydrogen) atoms. The number of hydrogen-bond donors (Lipinski definition) is 3. The van der Waals surface area contributed by atoms with Crippen LogP contribution in [0.25, 0.3) is 0 Å². The molecule has 1 unspecified atom stereocenters. The van der Waals surface area contributed by atoms with E-state index in [0.29, 0.717) is 19.4 Å². The van der Waals surface area contributed by atoms with E-state index in [1.807, 2.05) is 0 Å². The van der Waals surface area contributed by atoms with Crippen LogP contribution in [0.15, 0.2) is 0 Å². The molecule has 0 aromatic carbocycles. The molecular formula is C12H20N2O4. The molecule has 6 nitrogen and oxygen atoms in total. The van der Waals surface area contributed by atoms with Crippen LogP contribution in [-0.4, -0.2) is 41.9 Å². The first kappa shape index (κ1) is 13.1. The van der Waals surface area contributed by atoms with Crippen LogP contribution in [0.3, 0.4) is 0 Å². The largest absolute Gasteiger partial charge is 0.480 e. The number of ether oxygens (including phenoxy) is 1. The molecule has 1 aliphatic carbocycles. The molecule has 0 spiro atoms. The van der Waals surface area contributed by atoms with Gasteiger partial charge in [-0.15, -0.1) is 0 Å². The van der Waals surface area contributed by atoms with Crippen molar-refractivity contribution in [3.05, 3.63) is 0 Å². The van der Waals surface area contributed by atoms with Crippen molar-refractivity contribution in [2.75, 3.05) is 13.2 Å². The van der Waals surface area contributed by atoms with E-state index >= 15 is 0 Å². The number of carboxylic acid groups (broad SMARTS) is 1. The molecule has 3 N–H and O–H groups in total. The van der Waals surface area contributed by atoms with Gasteiger partial charge < -0.3 is 20.5 Å². The van der Waals surface area contributed by atoms with Crippen molar-refractivity contribution in [2.45, 2.75) is 50.1 Å². The Bertz CT molecular complexity index is 320. The number of aliphatic carboxylic acids is 1. The van der Waals surface area contributed by atoms with Crippen LogP contribution in [0.4, 0.5) is 4.79 Å². The van der Waals surface area contributed by atoms with E-state index in [1.165, 1.54) is 0 Å². The molecule has 102 valence electrons. The number of urea groups is 1. The molecule has 1 heterocycles. The Hall–Kier alpha value is -1.30. The summed E-state index contributed by atoms with van der Waals surface area (Å²) in [4.78, 5) is 23.1. The maximum Gasteiger partial charge on any atom is 0.329 e. The molecule has 2 amide bonds. The summed E-state index contributed by atoms with van der Waals surface area (Å²) >= 11 is 0. The van der Waals surface area contributed by atoms with E-state index < -0.39 is 17.5 Å². The van der Waals surface area contributed by atoms with Crippen LogP contribution in [0.1, 0.15) is 38.5 Å². The summed E-state index contributed by atoms with van der Waals surface area (Å²) in [6.45, 7) is 1.24. The van der Waals surface area contributed by atoms with Crippen molar-refractivity contribution in [3.63, 3.8) is 0 Å². The molecule has 2 rings (SSSR count). The van der Waals surface area contributed by atoms with Crippen molar-refractivity contribution >= 4 is 12.0 Å².